The van der Waals surface area contributed by atoms with Gasteiger partial charge in [-0.15, -0.1) is 0 Å². The van der Waals surface area contributed by atoms with Crippen LogP contribution < -0.4 is 0 Å². The number of rotatable bonds is 5. The largest absolute Gasteiger partial charge is 0.465 e. The number of fused-ring (bicyclic) bond motifs is 1. The molecule has 118 valence electrons. The number of ether oxygens (including phenoxy) is 1. The van der Waals surface area contributed by atoms with Crippen molar-refractivity contribution in [3.63, 3.8) is 0 Å². The van der Waals surface area contributed by atoms with Crippen LogP contribution >= 0.6 is 11.8 Å². The van der Waals surface area contributed by atoms with Crippen molar-refractivity contribution in [2.24, 2.45) is 5.92 Å². The van der Waals surface area contributed by atoms with Gasteiger partial charge in [0.15, 0.2) is 5.65 Å². The van der Waals surface area contributed by atoms with Gasteiger partial charge in [0.2, 0.25) is 0 Å². The first-order chi connectivity index (χ1) is 10.8. The lowest BCUT2D eigenvalue weighted by Crippen LogP contribution is -2.08. The summed E-state index contributed by atoms with van der Waals surface area (Å²) in [7, 11) is 1.40. The number of hydrogen-bond acceptors (Lipinski definition) is 4. The van der Waals surface area contributed by atoms with E-state index in [2.05, 4.69) is 4.98 Å². The summed E-state index contributed by atoms with van der Waals surface area (Å²) in [6, 6.07) is 3.60. The maximum atomic E-state index is 11.8. The van der Waals surface area contributed by atoms with Crippen molar-refractivity contribution in [3.05, 3.63) is 35.8 Å². The number of esters is 1. The van der Waals surface area contributed by atoms with Crippen molar-refractivity contribution in [2.45, 2.75) is 37.9 Å². The van der Waals surface area contributed by atoms with Crippen LogP contribution in [0.25, 0.3) is 5.65 Å². The third kappa shape index (κ3) is 3.46. The Labute approximate surface area is 135 Å². The minimum absolute atomic E-state index is 0.336. The monoisotopic (exact) mass is 318 g/mol. The van der Waals surface area contributed by atoms with Gasteiger partial charge >= 0.3 is 5.97 Å². The minimum Gasteiger partial charge on any atom is -0.465 e. The van der Waals surface area contributed by atoms with Gasteiger partial charge in [-0.25, -0.2) is 9.78 Å². The lowest BCUT2D eigenvalue weighted by atomic mass is 9.91. The van der Waals surface area contributed by atoms with Crippen LogP contribution in [0.2, 0.25) is 0 Å². The highest BCUT2D eigenvalue weighted by molar-refractivity contribution is 7.98. The first-order valence-electron chi connectivity index (χ1n) is 7.90. The number of thioether (sulfide) groups is 1. The maximum absolute atomic E-state index is 11.8. The van der Waals surface area contributed by atoms with E-state index in [-0.39, 0.29) is 5.97 Å². The number of imidazole rings is 1. The van der Waals surface area contributed by atoms with Crippen molar-refractivity contribution in [3.8, 4) is 0 Å². The topological polar surface area (TPSA) is 43.6 Å². The smallest absolute Gasteiger partial charge is 0.341 e. The Morgan fingerprint density at radius 2 is 2.23 bits per heavy atom. The summed E-state index contributed by atoms with van der Waals surface area (Å²) in [5.74, 6) is 2.66. The van der Waals surface area contributed by atoms with Gasteiger partial charge in [-0.3, -0.25) is 0 Å². The van der Waals surface area contributed by atoms with Crippen LogP contribution in [0, 0.1) is 5.92 Å². The highest BCUT2D eigenvalue weighted by Crippen LogP contribution is 2.28. The summed E-state index contributed by atoms with van der Waals surface area (Å²) in [5, 5.41) is 0. The second-order valence-electron chi connectivity index (χ2n) is 5.90. The number of nitrogens with zero attached hydrogens (tertiary/aromatic N) is 2. The Morgan fingerprint density at radius 1 is 1.41 bits per heavy atom. The van der Waals surface area contributed by atoms with Crippen LogP contribution in [0.3, 0.4) is 0 Å². The molecule has 0 aliphatic heterocycles. The molecule has 0 aromatic carbocycles. The minimum atomic E-state index is -0.336. The van der Waals surface area contributed by atoms with Crippen molar-refractivity contribution >= 4 is 23.4 Å². The summed E-state index contributed by atoms with van der Waals surface area (Å²) < 4.78 is 6.72. The highest BCUT2D eigenvalue weighted by atomic mass is 32.2. The predicted octanol–water partition coefficient (Wildman–Crippen LogP) is 3.93. The molecule has 0 bridgehead atoms. The lowest BCUT2D eigenvalue weighted by Gasteiger charge is -2.20. The molecule has 0 unspecified atom stereocenters. The second-order valence-corrected chi connectivity index (χ2v) is 6.93. The number of carbonyl (C=O) groups is 1. The highest BCUT2D eigenvalue weighted by Gasteiger charge is 2.15. The molecule has 4 nitrogen and oxygen atoms in total. The van der Waals surface area contributed by atoms with E-state index in [4.69, 9.17) is 4.74 Å². The molecule has 1 aliphatic carbocycles. The number of hydrogen-bond donors (Lipinski definition) is 0. The van der Waals surface area contributed by atoms with Crippen LogP contribution in [0.5, 0.6) is 0 Å². The summed E-state index contributed by atoms with van der Waals surface area (Å²) in [6.45, 7) is 0. The third-order valence-corrected chi connectivity index (χ3v) is 5.47. The number of pyridine rings is 1. The molecule has 1 fully saturated rings. The van der Waals surface area contributed by atoms with Gasteiger partial charge in [-0.1, -0.05) is 19.3 Å². The molecular formula is C17H22N2O2S. The first kappa shape index (κ1) is 15.4. The van der Waals surface area contributed by atoms with Gasteiger partial charge in [0.05, 0.1) is 12.8 Å². The summed E-state index contributed by atoms with van der Waals surface area (Å²) >= 11 is 1.96. The predicted molar refractivity (Wildman–Crippen MR) is 89.3 cm³/mol. The Morgan fingerprint density at radius 3 is 3.00 bits per heavy atom. The third-order valence-electron chi connectivity index (χ3n) is 4.27. The van der Waals surface area contributed by atoms with Crippen LogP contribution in [0.1, 0.15) is 48.2 Å². The zero-order valence-electron chi connectivity index (χ0n) is 13.0. The molecule has 0 saturated heterocycles. The lowest BCUT2D eigenvalue weighted by molar-refractivity contribution is 0.0602. The van der Waals surface area contributed by atoms with Gasteiger partial charge in [-0.2, -0.15) is 11.8 Å². The molecule has 2 heterocycles. The number of aromatic nitrogens is 2. The zero-order valence-corrected chi connectivity index (χ0v) is 13.8. The molecule has 0 amide bonds. The Bertz CT molecular complexity index is 647. The molecule has 0 atom stereocenters. The Balaban J connectivity index is 1.65. The number of carbonyl (C=O) groups excluding carboxylic acids is 1. The first-order valence-corrected chi connectivity index (χ1v) is 9.06. The molecule has 0 N–H and O–H groups in total. The molecular weight excluding hydrogens is 296 g/mol. The van der Waals surface area contributed by atoms with E-state index in [1.807, 2.05) is 34.6 Å². The van der Waals surface area contributed by atoms with E-state index in [1.165, 1.54) is 45.0 Å². The van der Waals surface area contributed by atoms with Gasteiger partial charge in [-0.05, 0) is 36.6 Å². The summed E-state index contributed by atoms with van der Waals surface area (Å²) in [6.07, 6.45) is 10.9. The van der Waals surface area contributed by atoms with Crippen LogP contribution in [0.4, 0.5) is 0 Å². The van der Waals surface area contributed by atoms with E-state index >= 15 is 0 Å². The van der Waals surface area contributed by atoms with E-state index in [9.17, 15) is 4.79 Å². The van der Waals surface area contributed by atoms with Crippen molar-refractivity contribution in [2.75, 3.05) is 12.9 Å². The van der Waals surface area contributed by atoms with Gasteiger partial charge in [0.1, 0.15) is 5.56 Å². The summed E-state index contributed by atoms with van der Waals surface area (Å²) in [4.78, 5) is 16.4. The van der Waals surface area contributed by atoms with Crippen LogP contribution in [0.15, 0.2) is 24.5 Å². The fourth-order valence-corrected chi connectivity index (χ4v) is 4.22. The molecule has 0 radical (unpaired) electrons. The SMILES string of the molecule is COC(=O)c1cccn2cc(CSCC3CCCCC3)nc12. The van der Waals surface area contributed by atoms with E-state index in [1.54, 1.807) is 6.07 Å². The maximum Gasteiger partial charge on any atom is 0.341 e. The molecule has 22 heavy (non-hydrogen) atoms. The molecule has 1 saturated carbocycles. The van der Waals surface area contributed by atoms with Crippen LogP contribution in [-0.4, -0.2) is 28.2 Å². The van der Waals surface area contributed by atoms with Crippen molar-refractivity contribution < 1.29 is 9.53 Å². The summed E-state index contributed by atoms with van der Waals surface area (Å²) in [5.41, 5.74) is 2.23. The van der Waals surface area contributed by atoms with Gasteiger partial charge in [0, 0.05) is 18.1 Å². The van der Waals surface area contributed by atoms with Gasteiger partial charge in [0.25, 0.3) is 0 Å². The van der Waals surface area contributed by atoms with Crippen molar-refractivity contribution in [1.29, 1.82) is 0 Å². The molecule has 2 aromatic heterocycles. The average Bonchev–Trinajstić information content (AvgIpc) is 2.98. The molecule has 2 aromatic rings. The fourth-order valence-electron chi connectivity index (χ4n) is 3.09. The second kappa shape index (κ2) is 7.18. The standard InChI is InChI=1S/C17H22N2O2S/c1-21-17(20)15-8-5-9-19-10-14(18-16(15)19)12-22-11-13-6-3-2-4-7-13/h5,8-10,13H,2-4,6-7,11-12H2,1H3. The normalized spacial score (nSPS) is 16.0. The van der Waals surface area contributed by atoms with E-state index in [0.29, 0.717) is 11.2 Å². The molecule has 0 spiro atoms. The molecule has 5 heteroatoms. The van der Waals surface area contributed by atoms with E-state index < -0.39 is 0 Å². The van der Waals surface area contributed by atoms with Gasteiger partial charge < -0.3 is 9.14 Å². The zero-order chi connectivity index (χ0) is 15.4. The Hall–Kier alpha value is -1.49. The van der Waals surface area contributed by atoms with Crippen LogP contribution in [-0.2, 0) is 10.5 Å². The Kier molecular flexibility index (Phi) is 5.03. The number of methoxy groups -OCH3 is 1. The average molecular weight is 318 g/mol. The quantitative estimate of drug-likeness (QED) is 0.783. The van der Waals surface area contributed by atoms with E-state index in [0.717, 1.165) is 17.4 Å². The molecule has 3 rings (SSSR count). The van der Waals surface area contributed by atoms with Crippen molar-refractivity contribution in [1.82, 2.24) is 9.38 Å². The fraction of sp³-hybridized carbons (Fsp3) is 0.529. The molecule has 1 aliphatic rings.